The lowest BCUT2D eigenvalue weighted by molar-refractivity contribution is -0.123. The van der Waals surface area contributed by atoms with Crippen LogP contribution in [0.1, 0.15) is 43.4 Å². The number of aromatic nitrogens is 2. The molecule has 0 atom stereocenters. The van der Waals surface area contributed by atoms with Crippen molar-refractivity contribution >= 4 is 28.4 Å². The number of nitrogens with zero attached hydrogens (tertiary/aromatic N) is 3. The molecule has 142 valence electrons. The van der Waals surface area contributed by atoms with E-state index in [4.69, 9.17) is 4.74 Å². The Kier molecular flexibility index (Phi) is 5.32. The summed E-state index contributed by atoms with van der Waals surface area (Å²) in [5, 5.41) is 6.08. The molecular formula is C20H24N4O2S. The first-order valence-corrected chi connectivity index (χ1v) is 9.62. The number of amides is 1. The average Bonchev–Trinajstić information content (AvgIpc) is 3.12. The zero-order valence-electron chi connectivity index (χ0n) is 16.2. The zero-order chi connectivity index (χ0) is 19.6. The fourth-order valence-corrected chi connectivity index (χ4v) is 3.59. The van der Waals surface area contributed by atoms with E-state index in [-0.39, 0.29) is 17.9 Å². The Labute approximate surface area is 162 Å². The third-order valence-corrected chi connectivity index (χ3v) is 5.16. The van der Waals surface area contributed by atoms with Crippen LogP contribution in [0.2, 0.25) is 0 Å². The topological polar surface area (TPSA) is 68.0 Å². The molecule has 3 aromatic rings. The molecule has 0 fully saturated rings. The van der Waals surface area contributed by atoms with Crippen molar-refractivity contribution in [3.8, 4) is 5.75 Å². The molecular weight excluding hydrogens is 360 g/mol. The van der Waals surface area contributed by atoms with Gasteiger partial charge in [-0.25, -0.2) is 10.4 Å². The average molecular weight is 385 g/mol. The number of fused-ring (bicyclic) bond motifs is 1. The third kappa shape index (κ3) is 4.36. The van der Waals surface area contributed by atoms with Crippen molar-refractivity contribution in [1.29, 1.82) is 0 Å². The van der Waals surface area contributed by atoms with E-state index in [0.29, 0.717) is 5.75 Å². The molecule has 2 aromatic heterocycles. The molecule has 0 aliphatic heterocycles. The van der Waals surface area contributed by atoms with Crippen LogP contribution in [0.5, 0.6) is 5.75 Å². The Bertz CT molecular complexity index is 978. The normalized spacial score (nSPS) is 12.0. The Morgan fingerprint density at radius 1 is 1.30 bits per heavy atom. The number of nitrogens with one attached hydrogen (secondary N) is 1. The lowest BCUT2D eigenvalue weighted by Gasteiger charge is -2.19. The number of ether oxygens (including phenoxy) is 1. The largest absolute Gasteiger partial charge is 0.484 e. The molecule has 0 saturated carbocycles. The van der Waals surface area contributed by atoms with Gasteiger partial charge in [0.1, 0.15) is 5.75 Å². The predicted molar refractivity (Wildman–Crippen MR) is 109 cm³/mol. The van der Waals surface area contributed by atoms with E-state index < -0.39 is 0 Å². The highest BCUT2D eigenvalue weighted by Gasteiger charge is 2.13. The van der Waals surface area contributed by atoms with Crippen LogP contribution >= 0.6 is 11.3 Å². The molecule has 7 heteroatoms. The van der Waals surface area contributed by atoms with Gasteiger partial charge in [0.05, 0.1) is 17.6 Å². The van der Waals surface area contributed by atoms with Gasteiger partial charge >= 0.3 is 0 Å². The molecule has 1 amide bonds. The van der Waals surface area contributed by atoms with E-state index in [1.54, 1.807) is 17.6 Å². The van der Waals surface area contributed by atoms with Gasteiger partial charge in [-0.3, -0.25) is 9.20 Å². The fraction of sp³-hybridized carbons (Fsp3) is 0.350. The molecule has 1 aromatic carbocycles. The van der Waals surface area contributed by atoms with Crippen LogP contribution < -0.4 is 10.2 Å². The molecule has 0 saturated heterocycles. The van der Waals surface area contributed by atoms with Crippen molar-refractivity contribution < 1.29 is 9.53 Å². The second-order valence-corrected chi connectivity index (χ2v) is 8.27. The molecule has 6 nitrogen and oxygen atoms in total. The molecule has 2 heterocycles. The Hall–Kier alpha value is -2.67. The Morgan fingerprint density at radius 3 is 2.67 bits per heavy atom. The van der Waals surface area contributed by atoms with Crippen LogP contribution in [0, 0.1) is 13.8 Å². The van der Waals surface area contributed by atoms with Gasteiger partial charge in [-0.05, 0) is 37.0 Å². The molecule has 27 heavy (non-hydrogen) atoms. The van der Waals surface area contributed by atoms with Crippen molar-refractivity contribution in [2.45, 2.75) is 40.0 Å². The number of carbonyl (C=O) groups excluding carboxylic acids is 1. The second kappa shape index (κ2) is 7.52. The van der Waals surface area contributed by atoms with Gasteiger partial charge < -0.3 is 4.74 Å². The molecule has 0 spiro atoms. The molecule has 0 bridgehead atoms. The highest BCUT2D eigenvalue weighted by molar-refractivity contribution is 7.15. The highest BCUT2D eigenvalue weighted by Crippen LogP contribution is 2.24. The van der Waals surface area contributed by atoms with Gasteiger partial charge in [0.15, 0.2) is 11.6 Å². The number of hydrazone groups is 1. The summed E-state index contributed by atoms with van der Waals surface area (Å²) in [4.78, 5) is 17.4. The number of benzene rings is 1. The minimum Gasteiger partial charge on any atom is -0.484 e. The predicted octanol–water partition coefficient (Wildman–Crippen LogP) is 3.84. The van der Waals surface area contributed by atoms with E-state index in [2.05, 4.69) is 36.3 Å². The van der Waals surface area contributed by atoms with Gasteiger partial charge in [-0.1, -0.05) is 32.9 Å². The lowest BCUT2D eigenvalue weighted by Crippen LogP contribution is -2.24. The minimum absolute atomic E-state index is 0.0860. The van der Waals surface area contributed by atoms with Gasteiger partial charge in [0.25, 0.3) is 5.91 Å². The van der Waals surface area contributed by atoms with Gasteiger partial charge in [0.2, 0.25) is 0 Å². The first-order chi connectivity index (χ1) is 12.8. The van der Waals surface area contributed by atoms with E-state index in [1.807, 2.05) is 47.9 Å². The monoisotopic (exact) mass is 384 g/mol. The number of rotatable bonds is 5. The van der Waals surface area contributed by atoms with Crippen LogP contribution in [0.15, 0.2) is 34.7 Å². The molecule has 1 N–H and O–H groups in total. The SMILES string of the molecule is Cc1nc2scc(C)n2c1C=NNC(=O)COc1ccc(C(C)(C)C)cc1. The van der Waals surface area contributed by atoms with Crippen molar-refractivity contribution in [3.05, 3.63) is 52.3 Å². The van der Waals surface area contributed by atoms with Crippen molar-refractivity contribution in [3.63, 3.8) is 0 Å². The number of aryl methyl sites for hydroxylation is 2. The molecule has 3 rings (SSSR count). The highest BCUT2D eigenvalue weighted by atomic mass is 32.1. The van der Waals surface area contributed by atoms with E-state index in [0.717, 1.165) is 22.0 Å². The van der Waals surface area contributed by atoms with E-state index in [1.165, 1.54) is 5.56 Å². The Morgan fingerprint density at radius 2 is 2.00 bits per heavy atom. The van der Waals surface area contributed by atoms with Crippen molar-refractivity contribution in [2.75, 3.05) is 6.61 Å². The third-order valence-electron chi connectivity index (χ3n) is 4.22. The van der Waals surface area contributed by atoms with Crippen molar-refractivity contribution in [1.82, 2.24) is 14.8 Å². The van der Waals surface area contributed by atoms with Gasteiger partial charge in [-0.15, -0.1) is 11.3 Å². The number of hydrogen-bond acceptors (Lipinski definition) is 5. The second-order valence-electron chi connectivity index (χ2n) is 7.43. The summed E-state index contributed by atoms with van der Waals surface area (Å²) >= 11 is 1.58. The maximum absolute atomic E-state index is 12.0. The number of hydrogen-bond donors (Lipinski definition) is 1. The maximum atomic E-state index is 12.0. The molecule has 0 radical (unpaired) electrons. The first kappa shape index (κ1) is 19.1. The van der Waals surface area contributed by atoms with Crippen molar-refractivity contribution in [2.24, 2.45) is 5.10 Å². The summed E-state index contributed by atoms with van der Waals surface area (Å²) in [5.41, 5.74) is 6.63. The summed E-state index contributed by atoms with van der Waals surface area (Å²) in [7, 11) is 0. The summed E-state index contributed by atoms with van der Waals surface area (Å²) in [6.45, 7) is 10.3. The standard InChI is InChI=1S/C20H24N4O2S/c1-13-12-27-19-22-14(2)17(24(13)19)10-21-23-18(25)11-26-16-8-6-15(7-9-16)20(3,4)5/h6-10,12H,11H2,1-5H3,(H,23,25). The quantitative estimate of drug-likeness (QED) is 0.537. The molecule has 0 aliphatic carbocycles. The summed E-state index contributed by atoms with van der Waals surface area (Å²) < 4.78 is 7.54. The van der Waals surface area contributed by atoms with Gasteiger partial charge in [0, 0.05) is 11.1 Å². The summed E-state index contributed by atoms with van der Waals surface area (Å²) in [6.07, 6.45) is 1.62. The molecule has 0 aliphatic rings. The van der Waals surface area contributed by atoms with Crippen LogP contribution in [-0.4, -0.2) is 28.1 Å². The molecule has 0 unspecified atom stereocenters. The van der Waals surface area contributed by atoms with Crippen LogP contribution in [0.25, 0.3) is 4.96 Å². The minimum atomic E-state index is -0.313. The smallest absolute Gasteiger partial charge is 0.277 e. The summed E-state index contributed by atoms with van der Waals surface area (Å²) in [5.74, 6) is 0.343. The van der Waals surface area contributed by atoms with Crippen LogP contribution in [0.4, 0.5) is 0 Å². The zero-order valence-corrected chi connectivity index (χ0v) is 17.1. The van der Waals surface area contributed by atoms with Crippen LogP contribution in [0.3, 0.4) is 0 Å². The number of imidazole rings is 1. The number of thiazole rings is 1. The lowest BCUT2D eigenvalue weighted by atomic mass is 9.87. The van der Waals surface area contributed by atoms with Gasteiger partial charge in [-0.2, -0.15) is 5.10 Å². The Balaban J connectivity index is 1.56. The first-order valence-electron chi connectivity index (χ1n) is 8.74. The fourth-order valence-electron chi connectivity index (χ4n) is 2.68. The summed E-state index contributed by atoms with van der Waals surface area (Å²) in [6, 6.07) is 7.79. The van der Waals surface area contributed by atoms with E-state index in [9.17, 15) is 4.79 Å². The van der Waals surface area contributed by atoms with E-state index >= 15 is 0 Å². The maximum Gasteiger partial charge on any atom is 0.277 e. The number of carbonyl (C=O) groups is 1. The van der Waals surface area contributed by atoms with Crippen LogP contribution in [-0.2, 0) is 10.2 Å².